The van der Waals surface area contributed by atoms with Gasteiger partial charge >= 0.3 is 0 Å². The Bertz CT molecular complexity index is 497. The molecule has 0 aromatic heterocycles. The predicted octanol–water partition coefficient (Wildman–Crippen LogP) is 2.73. The monoisotopic (exact) mass is 298 g/mol. The van der Waals surface area contributed by atoms with Crippen LogP contribution in [-0.2, 0) is 16.4 Å². The molecule has 0 aliphatic carbocycles. The molecule has 0 heterocycles. The van der Waals surface area contributed by atoms with Crippen LogP contribution >= 0.6 is 0 Å². The average molecular weight is 298 g/mol. The standard InChI is InChI=1S/C15H26N2O2S/c1-4-6-7-13(3)17(12-16)20(18,19)15-10-8-14(5-2)9-11-15/h8-11,13H,4-7,12,16H2,1-3H3/t13-/m0/s1. The Kier molecular flexibility index (Phi) is 6.65. The van der Waals surface area contributed by atoms with Gasteiger partial charge in [0.05, 0.1) is 11.6 Å². The van der Waals surface area contributed by atoms with E-state index in [0.717, 1.165) is 31.2 Å². The van der Waals surface area contributed by atoms with Crippen molar-refractivity contribution in [3.8, 4) is 0 Å². The molecule has 1 aromatic rings. The van der Waals surface area contributed by atoms with Crippen LogP contribution in [0.25, 0.3) is 0 Å². The van der Waals surface area contributed by atoms with Crippen LogP contribution < -0.4 is 5.73 Å². The topological polar surface area (TPSA) is 63.4 Å². The van der Waals surface area contributed by atoms with E-state index in [0.29, 0.717) is 4.90 Å². The first-order chi connectivity index (χ1) is 9.47. The van der Waals surface area contributed by atoms with Crippen molar-refractivity contribution in [2.24, 2.45) is 5.73 Å². The summed E-state index contributed by atoms with van der Waals surface area (Å²) >= 11 is 0. The predicted molar refractivity (Wildman–Crippen MR) is 82.9 cm³/mol. The van der Waals surface area contributed by atoms with Gasteiger partial charge < -0.3 is 5.73 Å². The Labute approximate surface area is 123 Å². The van der Waals surface area contributed by atoms with Gasteiger partial charge in [-0.25, -0.2) is 8.42 Å². The van der Waals surface area contributed by atoms with Crippen LogP contribution in [0, 0.1) is 0 Å². The van der Waals surface area contributed by atoms with Crippen LogP contribution in [0.2, 0.25) is 0 Å². The summed E-state index contributed by atoms with van der Waals surface area (Å²) in [7, 11) is -3.50. The molecular formula is C15H26N2O2S. The molecule has 0 fully saturated rings. The number of nitrogens with two attached hydrogens (primary N) is 1. The summed E-state index contributed by atoms with van der Waals surface area (Å²) in [5, 5.41) is 0. The van der Waals surface area contributed by atoms with Crippen LogP contribution in [0.3, 0.4) is 0 Å². The summed E-state index contributed by atoms with van der Waals surface area (Å²) in [4.78, 5) is 0.323. The zero-order valence-corrected chi connectivity index (χ0v) is 13.5. The zero-order valence-electron chi connectivity index (χ0n) is 12.7. The minimum Gasteiger partial charge on any atom is -0.317 e. The lowest BCUT2D eigenvalue weighted by atomic mass is 10.1. The second-order valence-electron chi connectivity index (χ2n) is 5.06. The molecule has 0 unspecified atom stereocenters. The van der Waals surface area contributed by atoms with Gasteiger partial charge in [-0.05, 0) is 37.5 Å². The van der Waals surface area contributed by atoms with E-state index < -0.39 is 10.0 Å². The molecule has 1 atom stereocenters. The highest BCUT2D eigenvalue weighted by molar-refractivity contribution is 7.89. The third kappa shape index (κ3) is 4.04. The van der Waals surface area contributed by atoms with Gasteiger partial charge in [0, 0.05) is 6.04 Å². The van der Waals surface area contributed by atoms with E-state index in [4.69, 9.17) is 5.73 Å². The van der Waals surface area contributed by atoms with Crippen molar-refractivity contribution in [1.29, 1.82) is 0 Å². The maximum absolute atomic E-state index is 12.6. The zero-order chi connectivity index (χ0) is 15.2. The molecule has 0 spiro atoms. The molecule has 0 radical (unpaired) electrons. The van der Waals surface area contributed by atoms with Crippen molar-refractivity contribution in [2.45, 2.75) is 57.4 Å². The molecule has 0 aliphatic heterocycles. The Morgan fingerprint density at radius 3 is 2.25 bits per heavy atom. The molecular weight excluding hydrogens is 272 g/mol. The van der Waals surface area contributed by atoms with Crippen molar-refractivity contribution in [3.63, 3.8) is 0 Å². The molecule has 2 N–H and O–H groups in total. The van der Waals surface area contributed by atoms with E-state index in [2.05, 4.69) is 6.92 Å². The number of unbranched alkanes of at least 4 members (excludes halogenated alkanes) is 1. The second-order valence-corrected chi connectivity index (χ2v) is 6.95. The molecule has 4 nitrogen and oxygen atoms in total. The summed E-state index contributed by atoms with van der Waals surface area (Å²) in [5.41, 5.74) is 6.80. The maximum atomic E-state index is 12.6. The largest absolute Gasteiger partial charge is 0.317 e. The number of rotatable bonds is 8. The van der Waals surface area contributed by atoms with Gasteiger partial charge in [-0.2, -0.15) is 4.31 Å². The Morgan fingerprint density at radius 2 is 1.80 bits per heavy atom. The summed E-state index contributed by atoms with van der Waals surface area (Å²) in [6.45, 7) is 6.07. The lowest BCUT2D eigenvalue weighted by Crippen LogP contribution is -2.42. The first-order valence-corrected chi connectivity index (χ1v) is 8.72. The van der Waals surface area contributed by atoms with Gasteiger partial charge in [-0.15, -0.1) is 0 Å². The molecule has 1 aromatic carbocycles. The number of aryl methyl sites for hydroxylation is 1. The molecule has 0 saturated carbocycles. The van der Waals surface area contributed by atoms with E-state index in [1.54, 1.807) is 12.1 Å². The van der Waals surface area contributed by atoms with E-state index in [1.807, 2.05) is 26.0 Å². The van der Waals surface area contributed by atoms with Gasteiger partial charge in [-0.3, -0.25) is 0 Å². The number of sulfonamides is 1. The van der Waals surface area contributed by atoms with Crippen LogP contribution in [-0.4, -0.2) is 25.4 Å². The highest BCUT2D eigenvalue weighted by Gasteiger charge is 2.27. The third-order valence-electron chi connectivity index (χ3n) is 3.59. The smallest absolute Gasteiger partial charge is 0.244 e. The molecule has 0 aliphatic rings. The molecule has 114 valence electrons. The Morgan fingerprint density at radius 1 is 1.20 bits per heavy atom. The van der Waals surface area contributed by atoms with Crippen LogP contribution in [0.4, 0.5) is 0 Å². The minimum atomic E-state index is -3.50. The van der Waals surface area contributed by atoms with E-state index in [1.165, 1.54) is 4.31 Å². The minimum absolute atomic E-state index is 0.0166. The Balaban J connectivity index is 2.98. The molecule has 5 heteroatoms. The van der Waals surface area contributed by atoms with Crippen LogP contribution in [0.1, 0.15) is 45.6 Å². The highest BCUT2D eigenvalue weighted by atomic mass is 32.2. The van der Waals surface area contributed by atoms with Crippen LogP contribution in [0.5, 0.6) is 0 Å². The summed E-state index contributed by atoms with van der Waals surface area (Å²) in [6.07, 6.45) is 3.78. The lowest BCUT2D eigenvalue weighted by Gasteiger charge is -2.27. The van der Waals surface area contributed by atoms with Gasteiger partial charge in [0.1, 0.15) is 0 Å². The number of nitrogens with zero attached hydrogens (tertiary/aromatic N) is 1. The number of hydrogen-bond donors (Lipinski definition) is 1. The molecule has 0 saturated heterocycles. The van der Waals surface area contributed by atoms with Crippen molar-refractivity contribution in [3.05, 3.63) is 29.8 Å². The van der Waals surface area contributed by atoms with Crippen molar-refractivity contribution < 1.29 is 8.42 Å². The number of hydrogen-bond acceptors (Lipinski definition) is 3. The van der Waals surface area contributed by atoms with Crippen molar-refractivity contribution in [1.82, 2.24) is 4.31 Å². The highest BCUT2D eigenvalue weighted by Crippen LogP contribution is 2.20. The Hall–Kier alpha value is -0.910. The third-order valence-corrected chi connectivity index (χ3v) is 5.58. The maximum Gasteiger partial charge on any atom is 0.244 e. The molecule has 0 amide bonds. The normalized spacial score (nSPS) is 13.7. The van der Waals surface area contributed by atoms with E-state index in [-0.39, 0.29) is 12.7 Å². The van der Waals surface area contributed by atoms with Gasteiger partial charge in [0.25, 0.3) is 0 Å². The quantitative estimate of drug-likeness (QED) is 0.751. The van der Waals surface area contributed by atoms with E-state index in [9.17, 15) is 8.42 Å². The van der Waals surface area contributed by atoms with Gasteiger partial charge in [0.15, 0.2) is 0 Å². The number of benzene rings is 1. The van der Waals surface area contributed by atoms with Gasteiger partial charge in [-0.1, -0.05) is 38.8 Å². The van der Waals surface area contributed by atoms with Crippen molar-refractivity contribution in [2.75, 3.05) is 6.67 Å². The molecule has 1 rings (SSSR count). The fourth-order valence-electron chi connectivity index (χ4n) is 2.19. The SMILES string of the molecule is CCCC[C@H](C)N(CN)S(=O)(=O)c1ccc(CC)cc1. The fraction of sp³-hybridized carbons (Fsp3) is 0.600. The summed E-state index contributed by atoms with van der Waals surface area (Å²) < 4.78 is 26.6. The van der Waals surface area contributed by atoms with Crippen molar-refractivity contribution >= 4 is 10.0 Å². The summed E-state index contributed by atoms with van der Waals surface area (Å²) in [5.74, 6) is 0. The molecule has 0 bridgehead atoms. The average Bonchev–Trinajstić information content (AvgIpc) is 2.45. The lowest BCUT2D eigenvalue weighted by molar-refractivity contribution is 0.323. The first kappa shape index (κ1) is 17.1. The summed E-state index contributed by atoms with van der Waals surface area (Å²) in [6, 6.07) is 6.99. The van der Waals surface area contributed by atoms with E-state index >= 15 is 0 Å². The fourth-order valence-corrected chi connectivity index (χ4v) is 3.72. The van der Waals surface area contributed by atoms with Gasteiger partial charge in [0.2, 0.25) is 10.0 Å². The first-order valence-electron chi connectivity index (χ1n) is 7.28. The molecule has 20 heavy (non-hydrogen) atoms. The van der Waals surface area contributed by atoms with Crippen LogP contribution in [0.15, 0.2) is 29.2 Å². The second kappa shape index (κ2) is 7.76.